The number of esters is 1. The molecule has 6 heteroatoms. The molecule has 0 N–H and O–H groups in total. The van der Waals surface area contributed by atoms with Gasteiger partial charge in [-0.1, -0.05) is 12.1 Å². The summed E-state index contributed by atoms with van der Waals surface area (Å²) in [5, 5.41) is 10.8. The Morgan fingerprint density at radius 3 is 2.65 bits per heavy atom. The third-order valence-corrected chi connectivity index (χ3v) is 2.22. The minimum Gasteiger partial charge on any atom is -0.472 e. The van der Waals surface area contributed by atoms with Crippen LogP contribution in [0.1, 0.15) is 12.5 Å². The number of nitro groups is 1. The predicted octanol–water partition coefficient (Wildman–Crippen LogP) is 1.84. The third-order valence-electron chi connectivity index (χ3n) is 2.22. The summed E-state index contributed by atoms with van der Waals surface area (Å²) in [5.74, 6) is -0.488. The highest BCUT2D eigenvalue weighted by Gasteiger charge is 2.22. The van der Waals surface area contributed by atoms with Crippen molar-refractivity contribution in [1.29, 1.82) is 0 Å². The van der Waals surface area contributed by atoms with Crippen molar-refractivity contribution in [3.05, 3.63) is 33.9 Å². The molecule has 0 fully saturated rings. The van der Waals surface area contributed by atoms with Gasteiger partial charge in [0, 0.05) is 6.07 Å². The van der Waals surface area contributed by atoms with Gasteiger partial charge in [0.25, 0.3) is 0 Å². The number of carbonyl (C=O) groups is 1. The van der Waals surface area contributed by atoms with E-state index in [9.17, 15) is 14.9 Å². The summed E-state index contributed by atoms with van der Waals surface area (Å²) in [7, 11) is 1.23. The van der Waals surface area contributed by atoms with Crippen molar-refractivity contribution in [3.63, 3.8) is 0 Å². The van der Waals surface area contributed by atoms with Crippen LogP contribution in [0.2, 0.25) is 0 Å². The van der Waals surface area contributed by atoms with Gasteiger partial charge in [0.1, 0.15) is 0 Å². The number of hydrogen-bond acceptors (Lipinski definition) is 5. The van der Waals surface area contributed by atoms with Gasteiger partial charge in [-0.2, -0.15) is 0 Å². The number of hydrogen-bond donors (Lipinski definition) is 0. The van der Waals surface area contributed by atoms with Crippen molar-refractivity contribution in [2.45, 2.75) is 20.0 Å². The number of benzene rings is 1. The standard InChI is InChI=1S/C11H13NO5/c1-7-5-4-6-9(12(14)15)10(7)17-8(2)11(13)16-3/h4-6,8H,1-3H3/t8-/m0/s1. The molecule has 0 heterocycles. The lowest BCUT2D eigenvalue weighted by Crippen LogP contribution is -2.25. The fourth-order valence-electron chi connectivity index (χ4n) is 1.32. The Morgan fingerprint density at radius 1 is 1.47 bits per heavy atom. The van der Waals surface area contributed by atoms with Crippen molar-refractivity contribution in [1.82, 2.24) is 0 Å². The maximum atomic E-state index is 11.2. The molecule has 92 valence electrons. The first kappa shape index (κ1) is 13.0. The summed E-state index contributed by atoms with van der Waals surface area (Å²) in [6.07, 6.45) is -0.889. The smallest absolute Gasteiger partial charge is 0.346 e. The average Bonchev–Trinajstić information content (AvgIpc) is 2.30. The summed E-state index contributed by atoms with van der Waals surface area (Å²) in [4.78, 5) is 21.4. The Morgan fingerprint density at radius 2 is 2.12 bits per heavy atom. The van der Waals surface area contributed by atoms with Gasteiger partial charge in [-0.3, -0.25) is 10.1 Å². The Bertz CT molecular complexity index is 443. The molecule has 0 bridgehead atoms. The van der Waals surface area contributed by atoms with Crippen LogP contribution in [-0.2, 0) is 9.53 Å². The van der Waals surface area contributed by atoms with Crippen molar-refractivity contribution >= 4 is 11.7 Å². The molecule has 0 aliphatic carbocycles. The molecule has 0 unspecified atom stereocenters. The Kier molecular flexibility index (Phi) is 4.03. The topological polar surface area (TPSA) is 78.7 Å². The highest BCUT2D eigenvalue weighted by atomic mass is 16.6. The van der Waals surface area contributed by atoms with Crippen molar-refractivity contribution < 1.29 is 19.2 Å². The molecule has 0 aliphatic rings. The van der Waals surface area contributed by atoms with Crippen LogP contribution in [0.5, 0.6) is 5.75 Å². The summed E-state index contributed by atoms with van der Waals surface area (Å²) in [5.41, 5.74) is 0.427. The van der Waals surface area contributed by atoms with Crippen LogP contribution in [0.3, 0.4) is 0 Å². The second kappa shape index (κ2) is 5.29. The van der Waals surface area contributed by atoms with E-state index in [1.807, 2.05) is 0 Å². The van der Waals surface area contributed by atoms with Crippen LogP contribution >= 0.6 is 0 Å². The fourth-order valence-corrected chi connectivity index (χ4v) is 1.32. The molecule has 17 heavy (non-hydrogen) atoms. The lowest BCUT2D eigenvalue weighted by Gasteiger charge is -2.14. The molecule has 6 nitrogen and oxygen atoms in total. The molecule has 0 saturated heterocycles. The van der Waals surface area contributed by atoms with Crippen LogP contribution in [0, 0.1) is 17.0 Å². The summed E-state index contributed by atoms with van der Waals surface area (Å²) in [6.45, 7) is 3.15. The first-order chi connectivity index (χ1) is 7.97. The molecule has 0 amide bonds. The van der Waals surface area contributed by atoms with E-state index in [1.165, 1.54) is 20.1 Å². The largest absolute Gasteiger partial charge is 0.472 e. The molecule has 0 spiro atoms. The van der Waals surface area contributed by atoms with Crippen LogP contribution in [-0.4, -0.2) is 24.1 Å². The van der Waals surface area contributed by atoms with E-state index in [0.29, 0.717) is 5.56 Å². The van der Waals surface area contributed by atoms with Gasteiger partial charge in [0.2, 0.25) is 5.75 Å². The monoisotopic (exact) mass is 239 g/mol. The highest BCUT2D eigenvalue weighted by Crippen LogP contribution is 2.31. The zero-order valence-corrected chi connectivity index (χ0v) is 9.80. The van der Waals surface area contributed by atoms with E-state index < -0.39 is 17.0 Å². The van der Waals surface area contributed by atoms with Gasteiger partial charge in [0.05, 0.1) is 12.0 Å². The van der Waals surface area contributed by atoms with Gasteiger partial charge in [-0.05, 0) is 19.4 Å². The summed E-state index contributed by atoms with van der Waals surface area (Å²) < 4.78 is 9.76. The minimum absolute atomic E-state index is 0.0930. The molecule has 0 aliphatic heterocycles. The molecule has 0 saturated carbocycles. The normalized spacial score (nSPS) is 11.7. The van der Waals surface area contributed by atoms with E-state index in [4.69, 9.17) is 4.74 Å². The maximum Gasteiger partial charge on any atom is 0.346 e. The summed E-state index contributed by atoms with van der Waals surface area (Å²) >= 11 is 0. The Hall–Kier alpha value is -2.11. The maximum absolute atomic E-state index is 11.2. The number of aryl methyl sites for hydroxylation is 1. The fraction of sp³-hybridized carbons (Fsp3) is 0.364. The number of nitro benzene ring substituents is 1. The van der Waals surface area contributed by atoms with Crippen LogP contribution < -0.4 is 4.74 Å². The van der Waals surface area contributed by atoms with Crippen LogP contribution in [0.25, 0.3) is 0 Å². The first-order valence-corrected chi connectivity index (χ1v) is 4.96. The number of rotatable bonds is 4. The van der Waals surface area contributed by atoms with Crippen LogP contribution in [0.4, 0.5) is 5.69 Å². The minimum atomic E-state index is -0.889. The van der Waals surface area contributed by atoms with Gasteiger partial charge in [-0.15, -0.1) is 0 Å². The van der Waals surface area contributed by atoms with Crippen molar-refractivity contribution in [3.8, 4) is 5.75 Å². The number of nitrogens with zero attached hydrogens (tertiary/aromatic N) is 1. The molecular weight excluding hydrogens is 226 g/mol. The second-order valence-electron chi connectivity index (χ2n) is 3.46. The molecule has 1 atom stereocenters. The number of ether oxygens (including phenoxy) is 2. The van der Waals surface area contributed by atoms with Gasteiger partial charge >= 0.3 is 11.7 Å². The number of methoxy groups -OCH3 is 1. The quantitative estimate of drug-likeness (QED) is 0.455. The molecular formula is C11H13NO5. The molecule has 1 aromatic rings. The van der Waals surface area contributed by atoms with Gasteiger partial charge < -0.3 is 9.47 Å². The molecule has 1 rings (SSSR count). The van der Waals surface area contributed by atoms with Crippen molar-refractivity contribution in [2.75, 3.05) is 7.11 Å². The first-order valence-electron chi connectivity index (χ1n) is 4.96. The van der Waals surface area contributed by atoms with E-state index in [2.05, 4.69) is 4.74 Å². The lowest BCUT2D eigenvalue weighted by atomic mass is 10.2. The van der Waals surface area contributed by atoms with E-state index in [-0.39, 0.29) is 11.4 Å². The Labute approximate surface area is 98.3 Å². The number of carbonyl (C=O) groups excluding carboxylic acids is 1. The second-order valence-corrected chi connectivity index (χ2v) is 3.46. The Balaban J connectivity index is 3.05. The average molecular weight is 239 g/mol. The molecule has 0 aromatic heterocycles. The van der Waals surface area contributed by atoms with Crippen molar-refractivity contribution in [2.24, 2.45) is 0 Å². The van der Waals surface area contributed by atoms with E-state index >= 15 is 0 Å². The SMILES string of the molecule is COC(=O)[C@H](C)Oc1c(C)cccc1[N+](=O)[O-]. The molecule has 0 radical (unpaired) electrons. The van der Waals surface area contributed by atoms with E-state index in [1.54, 1.807) is 19.1 Å². The summed E-state index contributed by atoms with van der Waals surface area (Å²) in [6, 6.07) is 4.56. The molecule has 1 aromatic carbocycles. The van der Waals surface area contributed by atoms with Crippen LogP contribution in [0.15, 0.2) is 18.2 Å². The van der Waals surface area contributed by atoms with E-state index in [0.717, 1.165) is 0 Å². The predicted molar refractivity (Wildman–Crippen MR) is 59.9 cm³/mol. The number of para-hydroxylation sites is 1. The lowest BCUT2D eigenvalue weighted by molar-refractivity contribution is -0.386. The zero-order valence-electron chi connectivity index (χ0n) is 9.80. The highest BCUT2D eigenvalue weighted by molar-refractivity contribution is 5.74. The zero-order chi connectivity index (χ0) is 13.0. The third kappa shape index (κ3) is 2.93. The van der Waals surface area contributed by atoms with Gasteiger partial charge in [0.15, 0.2) is 6.10 Å². The van der Waals surface area contributed by atoms with Gasteiger partial charge in [-0.25, -0.2) is 4.79 Å².